The van der Waals surface area contributed by atoms with Crippen LogP contribution in [-0.2, 0) is 11.2 Å². The van der Waals surface area contributed by atoms with E-state index in [2.05, 4.69) is 4.74 Å². The van der Waals surface area contributed by atoms with Gasteiger partial charge in [-0.15, -0.1) is 0 Å². The summed E-state index contributed by atoms with van der Waals surface area (Å²) in [6, 6.07) is 12.4. The molecule has 2 rings (SSSR count). The molecule has 0 saturated carbocycles. The zero-order valence-electron chi connectivity index (χ0n) is 11.4. The monoisotopic (exact) mass is 272 g/mol. The van der Waals surface area contributed by atoms with Crippen LogP contribution in [0.2, 0.25) is 0 Å². The first-order chi connectivity index (χ1) is 9.63. The average Bonchev–Trinajstić information content (AvgIpc) is 2.49. The summed E-state index contributed by atoms with van der Waals surface area (Å²) in [4.78, 5) is 11.4. The topological polar surface area (TPSA) is 55.8 Å². The van der Waals surface area contributed by atoms with Gasteiger partial charge in [-0.3, -0.25) is 0 Å². The number of carbonyl (C=O) groups is 1. The molecule has 2 aromatic carbocycles. The maximum Gasteiger partial charge on any atom is 0.337 e. The summed E-state index contributed by atoms with van der Waals surface area (Å²) < 4.78 is 9.71. The second-order valence-corrected chi connectivity index (χ2v) is 4.36. The lowest BCUT2D eigenvalue weighted by atomic mass is 10.0. The smallest absolute Gasteiger partial charge is 0.337 e. The van der Waals surface area contributed by atoms with Crippen molar-refractivity contribution < 1.29 is 19.4 Å². The van der Waals surface area contributed by atoms with Gasteiger partial charge in [-0.25, -0.2) is 4.79 Å². The van der Waals surface area contributed by atoms with Gasteiger partial charge in [0.1, 0.15) is 11.5 Å². The van der Waals surface area contributed by atoms with Gasteiger partial charge >= 0.3 is 5.97 Å². The summed E-state index contributed by atoms with van der Waals surface area (Å²) in [5, 5.41) is 9.97. The van der Waals surface area contributed by atoms with Crippen molar-refractivity contribution in [2.24, 2.45) is 0 Å². The van der Waals surface area contributed by atoms with E-state index >= 15 is 0 Å². The Labute approximate surface area is 117 Å². The number of aromatic hydroxyl groups is 1. The molecule has 1 N–H and O–H groups in total. The Morgan fingerprint density at radius 1 is 1.10 bits per heavy atom. The van der Waals surface area contributed by atoms with Crippen LogP contribution in [0.3, 0.4) is 0 Å². The molecule has 0 amide bonds. The van der Waals surface area contributed by atoms with E-state index in [9.17, 15) is 9.90 Å². The number of phenols is 1. The molecule has 20 heavy (non-hydrogen) atoms. The molecule has 0 aliphatic carbocycles. The van der Waals surface area contributed by atoms with Crippen molar-refractivity contribution in [1.82, 2.24) is 0 Å². The molecule has 0 saturated heterocycles. The average molecular weight is 272 g/mol. The van der Waals surface area contributed by atoms with Gasteiger partial charge in [0, 0.05) is 6.42 Å². The van der Waals surface area contributed by atoms with Crippen LogP contribution in [0.4, 0.5) is 0 Å². The second kappa shape index (κ2) is 6.10. The maximum atomic E-state index is 11.4. The number of hydrogen-bond donors (Lipinski definition) is 1. The van der Waals surface area contributed by atoms with Crippen LogP contribution in [0.25, 0.3) is 0 Å². The van der Waals surface area contributed by atoms with Crippen LogP contribution in [0.5, 0.6) is 11.5 Å². The summed E-state index contributed by atoms with van der Waals surface area (Å²) >= 11 is 0. The van der Waals surface area contributed by atoms with Crippen LogP contribution in [0, 0.1) is 0 Å². The van der Waals surface area contributed by atoms with Gasteiger partial charge in [0.25, 0.3) is 0 Å². The van der Waals surface area contributed by atoms with Gasteiger partial charge in [0.2, 0.25) is 0 Å². The van der Waals surface area contributed by atoms with Gasteiger partial charge < -0.3 is 14.6 Å². The van der Waals surface area contributed by atoms with Crippen LogP contribution >= 0.6 is 0 Å². The number of rotatable bonds is 4. The van der Waals surface area contributed by atoms with Crippen LogP contribution in [0.15, 0.2) is 42.5 Å². The maximum absolute atomic E-state index is 11.4. The minimum atomic E-state index is -0.462. The van der Waals surface area contributed by atoms with Gasteiger partial charge in [-0.05, 0) is 35.4 Å². The molecule has 0 atom stereocenters. The second-order valence-electron chi connectivity index (χ2n) is 4.36. The van der Waals surface area contributed by atoms with Crippen molar-refractivity contribution in [3.63, 3.8) is 0 Å². The highest BCUT2D eigenvalue weighted by Crippen LogP contribution is 2.23. The molecule has 0 aliphatic rings. The number of benzene rings is 2. The molecule has 0 unspecified atom stereocenters. The Morgan fingerprint density at radius 2 is 1.80 bits per heavy atom. The largest absolute Gasteiger partial charge is 0.508 e. The predicted molar refractivity (Wildman–Crippen MR) is 75.2 cm³/mol. The molecular formula is C16H16O4. The molecule has 0 heterocycles. The molecule has 0 aromatic heterocycles. The summed E-state index contributed by atoms with van der Waals surface area (Å²) in [7, 11) is 2.93. The predicted octanol–water partition coefficient (Wildman–Crippen LogP) is 2.78. The van der Waals surface area contributed by atoms with Crippen LogP contribution < -0.4 is 4.74 Å². The first kappa shape index (κ1) is 13.9. The molecule has 0 aliphatic heterocycles. The highest BCUT2D eigenvalue weighted by Gasteiger charge is 2.09. The van der Waals surface area contributed by atoms with E-state index in [-0.39, 0.29) is 5.75 Å². The van der Waals surface area contributed by atoms with E-state index in [1.807, 2.05) is 24.3 Å². The van der Waals surface area contributed by atoms with Crippen LogP contribution in [-0.4, -0.2) is 25.3 Å². The third-order valence-electron chi connectivity index (χ3n) is 3.06. The van der Waals surface area contributed by atoms with Crippen molar-refractivity contribution in [2.45, 2.75) is 6.42 Å². The Kier molecular flexibility index (Phi) is 4.25. The standard InChI is InChI=1S/C16H16O4/c1-19-14-7-3-11(4-8-14)9-12-5-6-13(10-15(12)17)16(18)20-2/h3-8,10,17H,9H2,1-2H3. The summed E-state index contributed by atoms with van der Waals surface area (Å²) in [5.74, 6) is 0.416. The highest BCUT2D eigenvalue weighted by atomic mass is 16.5. The summed E-state index contributed by atoms with van der Waals surface area (Å²) in [5.41, 5.74) is 2.14. The molecule has 4 nitrogen and oxygen atoms in total. The fraction of sp³-hybridized carbons (Fsp3) is 0.188. The van der Waals surface area contributed by atoms with Crippen molar-refractivity contribution in [3.05, 3.63) is 59.2 Å². The zero-order chi connectivity index (χ0) is 14.5. The van der Waals surface area contributed by atoms with Crippen molar-refractivity contribution >= 4 is 5.97 Å². The summed E-state index contributed by atoms with van der Waals surface area (Å²) in [6.45, 7) is 0. The first-order valence-corrected chi connectivity index (χ1v) is 6.17. The van der Waals surface area contributed by atoms with E-state index < -0.39 is 5.97 Å². The fourth-order valence-corrected chi connectivity index (χ4v) is 1.92. The molecule has 0 spiro atoms. The van der Waals surface area contributed by atoms with E-state index in [0.717, 1.165) is 16.9 Å². The normalized spacial score (nSPS) is 10.1. The third kappa shape index (κ3) is 3.09. The number of esters is 1. The van der Waals surface area contributed by atoms with E-state index in [0.29, 0.717) is 12.0 Å². The minimum absolute atomic E-state index is 0.0868. The van der Waals surface area contributed by atoms with Gasteiger partial charge in [0.05, 0.1) is 19.8 Å². The highest BCUT2D eigenvalue weighted by molar-refractivity contribution is 5.89. The number of carbonyl (C=O) groups excluding carboxylic acids is 1. The molecule has 104 valence electrons. The lowest BCUT2D eigenvalue weighted by Gasteiger charge is -2.07. The molecular weight excluding hydrogens is 256 g/mol. The number of phenolic OH excluding ortho intramolecular Hbond substituents is 1. The van der Waals surface area contributed by atoms with Gasteiger partial charge in [-0.1, -0.05) is 18.2 Å². The fourth-order valence-electron chi connectivity index (χ4n) is 1.92. The third-order valence-corrected chi connectivity index (χ3v) is 3.06. The molecule has 4 heteroatoms. The SMILES string of the molecule is COC(=O)c1ccc(Cc2ccc(OC)cc2)c(O)c1. The van der Waals surface area contributed by atoms with Gasteiger partial charge in [-0.2, -0.15) is 0 Å². The molecule has 0 bridgehead atoms. The van der Waals surface area contributed by atoms with Gasteiger partial charge in [0.15, 0.2) is 0 Å². The Morgan fingerprint density at radius 3 is 2.35 bits per heavy atom. The number of ether oxygens (including phenoxy) is 2. The zero-order valence-corrected chi connectivity index (χ0v) is 11.4. The lowest BCUT2D eigenvalue weighted by molar-refractivity contribution is 0.0600. The number of hydrogen-bond acceptors (Lipinski definition) is 4. The number of methoxy groups -OCH3 is 2. The van der Waals surface area contributed by atoms with E-state index in [4.69, 9.17) is 4.74 Å². The van der Waals surface area contributed by atoms with Crippen molar-refractivity contribution in [2.75, 3.05) is 14.2 Å². The van der Waals surface area contributed by atoms with Crippen molar-refractivity contribution in [1.29, 1.82) is 0 Å². The molecule has 2 aromatic rings. The Balaban J connectivity index is 2.18. The Bertz CT molecular complexity index is 602. The molecule has 0 fully saturated rings. The molecule has 0 radical (unpaired) electrons. The lowest BCUT2D eigenvalue weighted by Crippen LogP contribution is -2.01. The quantitative estimate of drug-likeness (QED) is 0.869. The van der Waals surface area contributed by atoms with Crippen molar-refractivity contribution in [3.8, 4) is 11.5 Å². The Hall–Kier alpha value is -2.49. The van der Waals surface area contributed by atoms with Crippen LogP contribution in [0.1, 0.15) is 21.5 Å². The minimum Gasteiger partial charge on any atom is -0.508 e. The van der Waals surface area contributed by atoms with E-state index in [1.54, 1.807) is 19.2 Å². The van der Waals surface area contributed by atoms with E-state index in [1.165, 1.54) is 13.2 Å². The first-order valence-electron chi connectivity index (χ1n) is 6.17. The summed E-state index contributed by atoms with van der Waals surface area (Å²) in [6.07, 6.45) is 0.581.